The molecule has 1 rings (SSSR count). The second-order valence-electron chi connectivity index (χ2n) is 5.12. The number of rotatable bonds is 7. The summed E-state index contributed by atoms with van der Waals surface area (Å²) in [6.07, 6.45) is 3.08. The molecule has 0 aromatic heterocycles. The Balaban J connectivity index is 2.52. The molecule has 0 unspecified atom stereocenters. The Hall–Kier alpha value is -1.35. The topological polar surface area (TPSA) is 21.3 Å². The number of allylic oxidation sites excluding steroid dienone is 1. The maximum absolute atomic E-state index is 13.6. The Bertz CT molecular complexity index is 427. The van der Waals surface area contributed by atoms with Crippen molar-refractivity contribution in [1.82, 2.24) is 5.32 Å². The van der Waals surface area contributed by atoms with Gasteiger partial charge in [-0.2, -0.15) is 0 Å². The number of nitrogens with one attached hydrogen (secondary N) is 1. The van der Waals surface area contributed by atoms with Crippen LogP contribution in [-0.2, 0) is 0 Å². The average Bonchev–Trinajstić information content (AvgIpc) is 2.37. The van der Waals surface area contributed by atoms with Crippen LogP contribution in [0.4, 0.5) is 4.39 Å². The highest BCUT2D eigenvalue weighted by molar-refractivity contribution is 5.64. The van der Waals surface area contributed by atoms with Crippen LogP contribution < -0.4 is 10.1 Å². The van der Waals surface area contributed by atoms with Gasteiger partial charge in [0.25, 0.3) is 0 Å². The number of hydrogen-bond acceptors (Lipinski definition) is 2. The van der Waals surface area contributed by atoms with Gasteiger partial charge in [-0.3, -0.25) is 0 Å². The summed E-state index contributed by atoms with van der Waals surface area (Å²) in [7, 11) is 1.47. The van der Waals surface area contributed by atoms with E-state index in [4.69, 9.17) is 4.74 Å². The summed E-state index contributed by atoms with van der Waals surface area (Å²) in [6.45, 7) is 8.37. The quantitative estimate of drug-likeness (QED) is 0.756. The Kier molecular flexibility index (Phi) is 6.57. The van der Waals surface area contributed by atoms with Crippen LogP contribution in [0.3, 0.4) is 0 Å². The third-order valence-corrected chi connectivity index (χ3v) is 2.93. The minimum Gasteiger partial charge on any atom is -0.494 e. The third-order valence-electron chi connectivity index (χ3n) is 2.93. The molecule has 1 N–H and O–H groups in total. The van der Waals surface area contributed by atoms with Gasteiger partial charge < -0.3 is 10.1 Å². The minimum absolute atomic E-state index is 0.287. The lowest BCUT2D eigenvalue weighted by molar-refractivity contribution is 0.386. The van der Waals surface area contributed by atoms with Gasteiger partial charge in [0.1, 0.15) is 0 Å². The molecule has 19 heavy (non-hydrogen) atoms. The summed E-state index contributed by atoms with van der Waals surface area (Å²) in [5.41, 5.74) is 2.00. The molecule has 0 amide bonds. The third kappa shape index (κ3) is 5.43. The summed E-state index contributed by atoms with van der Waals surface area (Å²) in [6, 6.07) is 5.07. The number of benzene rings is 1. The van der Waals surface area contributed by atoms with Gasteiger partial charge in [-0.15, -0.1) is 0 Å². The molecule has 0 radical (unpaired) electrons. The zero-order valence-corrected chi connectivity index (χ0v) is 12.3. The fourth-order valence-corrected chi connectivity index (χ4v) is 1.81. The molecule has 3 heteroatoms. The van der Waals surface area contributed by atoms with Crippen LogP contribution >= 0.6 is 0 Å². The summed E-state index contributed by atoms with van der Waals surface area (Å²) in [5.74, 6) is 0.640. The average molecular weight is 265 g/mol. The first-order valence-corrected chi connectivity index (χ1v) is 6.76. The molecular weight excluding hydrogens is 241 g/mol. The first-order chi connectivity index (χ1) is 9.04. The highest BCUT2D eigenvalue weighted by Gasteiger charge is 2.04. The van der Waals surface area contributed by atoms with Crippen LogP contribution in [0.25, 0.3) is 5.57 Å². The minimum atomic E-state index is -0.314. The number of halogens is 1. The van der Waals surface area contributed by atoms with Crippen molar-refractivity contribution < 1.29 is 9.13 Å². The van der Waals surface area contributed by atoms with E-state index < -0.39 is 0 Å². The zero-order chi connectivity index (χ0) is 14.3. The molecule has 2 nitrogen and oxygen atoms in total. The molecule has 1 aromatic carbocycles. The van der Waals surface area contributed by atoms with Crippen LogP contribution in [0.5, 0.6) is 5.75 Å². The lowest BCUT2D eigenvalue weighted by Gasteiger charge is -2.07. The highest BCUT2D eigenvalue weighted by atomic mass is 19.1. The van der Waals surface area contributed by atoms with E-state index in [1.807, 2.05) is 13.0 Å². The van der Waals surface area contributed by atoms with Crippen molar-refractivity contribution in [2.45, 2.75) is 27.2 Å². The Morgan fingerprint density at radius 1 is 1.42 bits per heavy atom. The fourth-order valence-electron chi connectivity index (χ4n) is 1.81. The molecule has 0 saturated heterocycles. The van der Waals surface area contributed by atoms with Crippen LogP contribution in [0.15, 0.2) is 24.3 Å². The SMILES string of the molecule is COc1ccc(C(C)=CCCNCC(C)C)cc1F. The molecular formula is C16H24FNO. The first kappa shape index (κ1) is 15.7. The summed E-state index contributed by atoms with van der Waals surface area (Å²) in [5, 5.41) is 3.38. The van der Waals surface area contributed by atoms with E-state index in [-0.39, 0.29) is 11.6 Å². The van der Waals surface area contributed by atoms with Gasteiger partial charge in [0.2, 0.25) is 0 Å². The van der Waals surface area contributed by atoms with Crippen molar-refractivity contribution in [3.63, 3.8) is 0 Å². The second kappa shape index (κ2) is 7.95. The molecule has 1 aromatic rings. The van der Waals surface area contributed by atoms with E-state index in [1.54, 1.807) is 6.07 Å². The van der Waals surface area contributed by atoms with Gasteiger partial charge in [0, 0.05) is 0 Å². The Labute approximate surface area is 115 Å². The fraction of sp³-hybridized carbons (Fsp3) is 0.500. The Morgan fingerprint density at radius 3 is 2.74 bits per heavy atom. The molecule has 0 fully saturated rings. The van der Waals surface area contributed by atoms with Crippen LogP contribution in [0.1, 0.15) is 32.8 Å². The predicted molar refractivity (Wildman–Crippen MR) is 78.9 cm³/mol. The van der Waals surface area contributed by atoms with Crippen molar-refractivity contribution in [2.24, 2.45) is 5.92 Å². The summed E-state index contributed by atoms with van der Waals surface area (Å²) >= 11 is 0. The van der Waals surface area contributed by atoms with Gasteiger partial charge in [-0.05, 0) is 55.6 Å². The predicted octanol–water partition coefficient (Wildman–Crippen LogP) is 3.87. The zero-order valence-electron chi connectivity index (χ0n) is 12.3. The van der Waals surface area contributed by atoms with E-state index in [1.165, 1.54) is 13.2 Å². The van der Waals surface area contributed by atoms with E-state index in [9.17, 15) is 4.39 Å². The Morgan fingerprint density at radius 2 is 2.16 bits per heavy atom. The van der Waals surface area contributed by atoms with E-state index >= 15 is 0 Å². The largest absolute Gasteiger partial charge is 0.494 e. The highest BCUT2D eigenvalue weighted by Crippen LogP contribution is 2.22. The normalized spacial score (nSPS) is 12.0. The van der Waals surface area contributed by atoms with Gasteiger partial charge in [0.15, 0.2) is 11.6 Å². The molecule has 0 saturated carbocycles. The molecule has 0 aliphatic heterocycles. The van der Waals surface area contributed by atoms with Crippen LogP contribution in [0.2, 0.25) is 0 Å². The van der Waals surface area contributed by atoms with Gasteiger partial charge in [-0.1, -0.05) is 26.0 Å². The van der Waals surface area contributed by atoms with E-state index in [2.05, 4.69) is 25.2 Å². The number of methoxy groups -OCH3 is 1. The van der Waals surface area contributed by atoms with Crippen LogP contribution in [-0.4, -0.2) is 20.2 Å². The molecule has 0 atom stereocenters. The van der Waals surface area contributed by atoms with Crippen molar-refractivity contribution in [3.8, 4) is 5.75 Å². The van der Waals surface area contributed by atoms with Crippen molar-refractivity contribution in [2.75, 3.05) is 20.2 Å². The molecule has 0 aliphatic rings. The van der Waals surface area contributed by atoms with Gasteiger partial charge in [-0.25, -0.2) is 4.39 Å². The lowest BCUT2D eigenvalue weighted by Crippen LogP contribution is -2.20. The van der Waals surface area contributed by atoms with Crippen LogP contribution in [0, 0.1) is 11.7 Å². The molecule has 0 heterocycles. The maximum atomic E-state index is 13.6. The summed E-state index contributed by atoms with van der Waals surface area (Å²) in [4.78, 5) is 0. The lowest BCUT2D eigenvalue weighted by atomic mass is 10.1. The number of hydrogen-bond donors (Lipinski definition) is 1. The molecule has 0 spiro atoms. The van der Waals surface area contributed by atoms with Crippen molar-refractivity contribution in [3.05, 3.63) is 35.7 Å². The van der Waals surface area contributed by atoms with E-state index in [0.29, 0.717) is 5.92 Å². The smallest absolute Gasteiger partial charge is 0.165 e. The van der Waals surface area contributed by atoms with E-state index in [0.717, 1.165) is 30.6 Å². The first-order valence-electron chi connectivity index (χ1n) is 6.76. The molecule has 0 bridgehead atoms. The second-order valence-corrected chi connectivity index (χ2v) is 5.12. The van der Waals surface area contributed by atoms with Gasteiger partial charge in [0.05, 0.1) is 7.11 Å². The summed E-state index contributed by atoms with van der Waals surface area (Å²) < 4.78 is 18.5. The molecule has 106 valence electrons. The van der Waals surface area contributed by atoms with Crippen molar-refractivity contribution >= 4 is 5.57 Å². The molecule has 0 aliphatic carbocycles. The standard InChI is InChI=1S/C16H24FNO/c1-12(2)11-18-9-5-6-13(3)14-7-8-16(19-4)15(17)10-14/h6-8,10,12,18H,5,9,11H2,1-4H3. The number of ether oxygens (including phenoxy) is 1. The van der Waals surface area contributed by atoms with Gasteiger partial charge >= 0.3 is 0 Å². The monoisotopic (exact) mass is 265 g/mol. The van der Waals surface area contributed by atoms with Crippen molar-refractivity contribution in [1.29, 1.82) is 0 Å². The maximum Gasteiger partial charge on any atom is 0.165 e.